The standard InChI is InChI=1S/C16H20FN3O/c1-12-6-7-20-11-18-15(9-16(20)19(12)2)21-10-13-4-3-5-14(17)8-13/h3-5,8-9,12H,6-7,10-11H2,1-2H3/t12-/m0/s1. The third-order valence-corrected chi connectivity index (χ3v) is 4.09. The topological polar surface area (TPSA) is 28.1 Å². The Balaban J connectivity index is 1.67. The first-order chi connectivity index (χ1) is 10.1. The maximum Gasteiger partial charge on any atom is 0.214 e. The molecule has 3 rings (SSSR count). The molecule has 0 aromatic heterocycles. The molecule has 0 saturated carbocycles. The molecule has 5 heteroatoms. The summed E-state index contributed by atoms with van der Waals surface area (Å²) in [5.74, 6) is 1.52. The molecule has 1 aromatic carbocycles. The number of rotatable bonds is 2. The number of hydrogen-bond acceptors (Lipinski definition) is 4. The fourth-order valence-electron chi connectivity index (χ4n) is 2.62. The van der Waals surface area contributed by atoms with Crippen LogP contribution in [-0.4, -0.2) is 42.0 Å². The molecule has 0 bridgehead atoms. The normalized spacial score (nSPS) is 21.6. The van der Waals surface area contributed by atoms with Crippen molar-refractivity contribution >= 4 is 5.90 Å². The van der Waals surface area contributed by atoms with Crippen LogP contribution in [0, 0.1) is 5.82 Å². The summed E-state index contributed by atoms with van der Waals surface area (Å²) in [6.45, 7) is 4.20. The molecule has 2 aliphatic rings. The lowest BCUT2D eigenvalue weighted by molar-refractivity contribution is 0.133. The van der Waals surface area contributed by atoms with Crippen molar-refractivity contribution in [2.45, 2.75) is 26.0 Å². The van der Waals surface area contributed by atoms with E-state index in [-0.39, 0.29) is 5.82 Å². The predicted octanol–water partition coefficient (Wildman–Crippen LogP) is 2.58. The van der Waals surface area contributed by atoms with E-state index in [0.717, 1.165) is 24.4 Å². The lowest BCUT2D eigenvalue weighted by Crippen LogP contribution is -2.47. The lowest BCUT2D eigenvalue weighted by atomic mass is 10.1. The van der Waals surface area contributed by atoms with Gasteiger partial charge in [0.15, 0.2) is 0 Å². The van der Waals surface area contributed by atoms with Crippen LogP contribution in [0.3, 0.4) is 0 Å². The van der Waals surface area contributed by atoms with Gasteiger partial charge in [0.1, 0.15) is 24.9 Å². The first kappa shape index (κ1) is 13.9. The van der Waals surface area contributed by atoms with Gasteiger partial charge < -0.3 is 14.5 Å². The zero-order chi connectivity index (χ0) is 14.8. The molecular formula is C16H20FN3O. The number of benzene rings is 1. The van der Waals surface area contributed by atoms with Crippen LogP contribution < -0.4 is 0 Å². The quantitative estimate of drug-likeness (QED) is 0.837. The highest BCUT2D eigenvalue weighted by atomic mass is 19.1. The molecule has 0 radical (unpaired) electrons. The van der Waals surface area contributed by atoms with Gasteiger partial charge in [-0.15, -0.1) is 0 Å². The third-order valence-electron chi connectivity index (χ3n) is 4.09. The number of fused-ring (bicyclic) bond motifs is 1. The van der Waals surface area contributed by atoms with E-state index in [2.05, 4.69) is 28.8 Å². The molecule has 2 heterocycles. The Bertz CT molecular complexity index is 585. The highest BCUT2D eigenvalue weighted by molar-refractivity contribution is 5.88. The van der Waals surface area contributed by atoms with Crippen LogP contribution in [0.5, 0.6) is 0 Å². The van der Waals surface area contributed by atoms with Gasteiger partial charge in [-0.2, -0.15) is 0 Å². The van der Waals surface area contributed by atoms with Crippen molar-refractivity contribution in [3.05, 3.63) is 47.5 Å². The Morgan fingerprint density at radius 2 is 2.29 bits per heavy atom. The molecule has 21 heavy (non-hydrogen) atoms. The van der Waals surface area contributed by atoms with E-state index < -0.39 is 0 Å². The second-order valence-electron chi connectivity index (χ2n) is 5.57. The van der Waals surface area contributed by atoms with Crippen LogP contribution in [0.2, 0.25) is 0 Å². The van der Waals surface area contributed by atoms with Crippen molar-refractivity contribution in [1.29, 1.82) is 0 Å². The Labute approximate surface area is 124 Å². The van der Waals surface area contributed by atoms with Gasteiger partial charge in [0, 0.05) is 25.7 Å². The monoisotopic (exact) mass is 289 g/mol. The summed E-state index contributed by atoms with van der Waals surface area (Å²) in [5.41, 5.74) is 0.809. The molecule has 4 nitrogen and oxygen atoms in total. The first-order valence-electron chi connectivity index (χ1n) is 7.24. The summed E-state index contributed by atoms with van der Waals surface area (Å²) in [7, 11) is 2.10. The molecule has 0 aliphatic carbocycles. The molecule has 1 saturated heterocycles. The molecule has 1 fully saturated rings. The summed E-state index contributed by atoms with van der Waals surface area (Å²) in [4.78, 5) is 8.93. The summed E-state index contributed by atoms with van der Waals surface area (Å²) >= 11 is 0. The van der Waals surface area contributed by atoms with E-state index in [0.29, 0.717) is 25.2 Å². The average molecular weight is 289 g/mol. The highest BCUT2D eigenvalue weighted by Gasteiger charge is 2.27. The van der Waals surface area contributed by atoms with Gasteiger partial charge in [-0.05, 0) is 31.0 Å². The van der Waals surface area contributed by atoms with E-state index in [9.17, 15) is 4.39 Å². The van der Waals surface area contributed by atoms with Gasteiger partial charge in [-0.3, -0.25) is 0 Å². The number of aliphatic imine (C=N–C) groups is 1. The Morgan fingerprint density at radius 1 is 1.43 bits per heavy atom. The second kappa shape index (κ2) is 5.76. The fourth-order valence-corrected chi connectivity index (χ4v) is 2.62. The third kappa shape index (κ3) is 3.01. The van der Waals surface area contributed by atoms with Crippen LogP contribution in [0.1, 0.15) is 18.9 Å². The number of nitrogens with zero attached hydrogens (tertiary/aromatic N) is 3. The first-order valence-corrected chi connectivity index (χ1v) is 7.24. The van der Waals surface area contributed by atoms with Crippen LogP contribution in [0.4, 0.5) is 4.39 Å². The van der Waals surface area contributed by atoms with Gasteiger partial charge in [0.2, 0.25) is 5.90 Å². The van der Waals surface area contributed by atoms with Crippen LogP contribution in [-0.2, 0) is 11.3 Å². The number of halogens is 1. The summed E-state index contributed by atoms with van der Waals surface area (Å²) < 4.78 is 18.8. The number of ether oxygens (including phenoxy) is 1. The van der Waals surface area contributed by atoms with E-state index >= 15 is 0 Å². The molecule has 1 aromatic rings. The van der Waals surface area contributed by atoms with Crippen LogP contribution in [0.25, 0.3) is 0 Å². The van der Waals surface area contributed by atoms with Gasteiger partial charge in [0.25, 0.3) is 0 Å². The summed E-state index contributed by atoms with van der Waals surface area (Å²) in [5, 5.41) is 0. The minimum atomic E-state index is -0.243. The zero-order valence-electron chi connectivity index (χ0n) is 12.4. The van der Waals surface area contributed by atoms with Crippen molar-refractivity contribution in [2.24, 2.45) is 4.99 Å². The van der Waals surface area contributed by atoms with Crippen molar-refractivity contribution < 1.29 is 9.13 Å². The maximum atomic E-state index is 13.1. The minimum absolute atomic E-state index is 0.243. The molecule has 0 unspecified atom stereocenters. The summed E-state index contributed by atoms with van der Waals surface area (Å²) in [6, 6.07) is 6.97. The van der Waals surface area contributed by atoms with E-state index in [1.165, 1.54) is 12.1 Å². The summed E-state index contributed by atoms with van der Waals surface area (Å²) in [6.07, 6.45) is 3.11. The van der Waals surface area contributed by atoms with Crippen molar-refractivity contribution in [3.63, 3.8) is 0 Å². The van der Waals surface area contributed by atoms with Crippen LogP contribution >= 0.6 is 0 Å². The van der Waals surface area contributed by atoms with Crippen LogP contribution in [0.15, 0.2) is 41.2 Å². The average Bonchev–Trinajstić information content (AvgIpc) is 2.49. The highest BCUT2D eigenvalue weighted by Crippen LogP contribution is 2.23. The van der Waals surface area contributed by atoms with Crippen molar-refractivity contribution in [1.82, 2.24) is 9.80 Å². The lowest BCUT2D eigenvalue weighted by Gasteiger charge is -2.43. The number of hydrogen-bond donors (Lipinski definition) is 0. The molecule has 112 valence electrons. The van der Waals surface area contributed by atoms with Crippen molar-refractivity contribution in [3.8, 4) is 0 Å². The Morgan fingerprint density at radius 3 is 3.10 bits per heavy atom. The largest absolute Gasteiger partial charge is 0.473 e. The Kier molecular flexibility index (Phi) is 3.82. The van der Waals surface area contributed by atoms with E-state index in [1.54, 1.807) is 6.07 Å². The molecule has 2 aliphatic heterocycles. The molecular weight excluding hydrogens is 269 g/mol. The zero-order valence-corrected chi connectivity index (χ0v) is 12.4. The van der Waals surface area contributed by atoms with Gasteiger partial charge in [-0.25, -0.2) is 9.38 Å². The Hall–Kier alpha value is -2.04. The van der Waals surface area contributed by atoms with Gasteiger partial charge in [0.05, 0.1) is 0 Å². The van der Waals surface area contributed by atoms with E-state index in [4.69, 9.17) is 4.74 Å². The minimum Gasteiger partial charge on any atom is -0.473 e. The second-order valence-corrected chi connectivity index (χ2v) is 5.57. The molecule has 0 amide bonds. The SMILES string of the molecule is C[C@H]1CCN2CN=C(OCc3cccc(F)c3)C=C2N1C. The smallest absolute Gasteiger partial charge is 0.214 e. The van der Waals surface area contributed by atoms with Crippen molar-refractivity contribution in [2.75, 3.05) is 20.3 Å². The maximum absolute atomic E-state index is 13.1. The van der Waals surface area contributed by atoms with Gasteiger partial charge >= 0.3 is 0 Å². The fraction of sp³-hybridized carbons (Fsp3) is 0.438. The van der Waals surface area contributed by atoms with Gasteiger partial charge in [-0.1, -0.05) is 12.1 Å². The molecule has 1 atom stereocenters. The predicted molar refractivity (Wildman–Crippen MR) is 80.1 cm³/mol. The molecule has 0 N–H and O–H groups in total. The molecule has 0 spiro atoms. The van der Waals surface area contributed by atoms with E-state index in [1.807, 2.05) is 12.1 Å².